The maximum Gasteiger partial charge on any atom is 0.226 e. The second-order valence-corrected chi connectivity index (χ2v) is 6.65. The van der Waals surface area contributed by atoms with E-state index in [1.807, 2.05) is 24.3 Å². The molecule has 1 aromatic carbocycles. The molecule has 0 spiro atoms. The maximum absolute atomic E-state index is 9.42. The van der Waals surface area contributed by atoms with Crippen molar-refractivity contribution in [3.63, 3.8) is 0 Å². The summed E-state index contributed by atoms with van der Waals surface area (Å²) in [4.78, 5) is 9.33. The summed E-state index contributed by atoms with van der Waals surface area (Å²) in [7, 11) is 0. The number of oxazole rings is 1. The van der Waals surface area contributed by atoms with Gasteiger partial charge >= 0.3 is 0 Å². The Kier molecular flexibility index (Phi) is 5.89. The Morgan fingerprint density at radius 2 is 2.08 bits per heavy atom. The smallest absolute Gasteiger partial charge is 0.226 e. The van der Waals surface area contributed by atoms with Gasteiger partial charge in [0.15, 0.2) is 0 Å². The zero-order valence-electron chi connectivity index (χ0n) is 14.0. The molecule has 0 saturated carbocycles. The van der Waals surface area contributed by atoms with Crippen LogP contribution in [0.15, 0.2) is 34.9 Å². The van der Waals surface area contributed by atoms with Crippen LogP contribution >= 0.6 is 11.6 Å². The summed E-state index contributed by atoms with van der Waals surface area (Å²) < 4.78 is 5.60. The van der Waals surface area contributed by atoms with Crippen LogP contribution in [0.2, 0.25) is 5.02 Å². The van der Waals surface area contributed by atoms with Crippen LogP contribution in [0.25, 0.3) is 11.5 Å². The Bertz CT molecular complexity index is 649. The van der Waals surface area contributed by atoms with Gasteiger partial charge in [0.1, 0.15) is 6.26 Å². The van der Waals surface area contributed by atoms with Gasteiger partial charge in [-0.15, -0.1) is 0 Å². The topological polar surface area (TPSA) is 52.7 Å². The Hall–Kier alpha value is -1.40. The SMILES string of the molecule is CCC(CO)N1CCN(Cc2coc(-c3cccc(Cl)c3)n2)CC1. The van der Waals surface area contributed by atoms with Gasteiger partial charge in [-0.25, -0.2) is 4.98 Å². The molecule has 1 fully saturated rings. The first-order valence-electron chi connectivity index (χ1n) is 8.47. The van der Waals surface area contributed by atoms with E-state index in [4.69, 9.17) is 16.0 Å². The van der Waals surface area contributed by atoms with Gasteiger partial charge in [-0.3, -0.25) is 9.80 Å². The molecular weight excluding hydrogens is 326 g/mol. The lowest BCUT2D eigenvalue weighted by molar-refractivity contribution is 0.0603. The average Bonchev–Trinajstić information content (AvgIpc) is 3.06. The van der Waals surface area contributed by atoms with Gasteiger partial charge in [0, 0.05) is 49.4 Å². The Morgan fingerprint density at radius 1 is 1.29 bits per heavy atom. The fourth-order valence-corrected chi connectivity index (χ4v) is 3.34. The quantitative estimate of drug-likeness (QED) is 0.869. The summed E-state index contributed by atoms with van der Waals surface area (Å²) in [6, 6.07) is 7.82. The number of hydrogen-bond donors (Lipinski definition) is 1. The first kappa shape index (κ1) is 17.4. The van der Waals surface area contributed by atoms with Crippen LogP contribution in [0.1, 0.15) is 19.0 Å². The molecule has 1 aliphatic rings. The molecule has 5 nitrogen and oxygen atoms in total. The highest BCUT2D eigenvalue weighted by atomic mass is 35.5. The predicted molar refractivity (Wildman–Crippen MR) is 95.0 cm³/mol. The lowest BCUT2D eigenvalue weighted by Gasteiger charge is -2.38. The number of aliphatic hydroxyl groups excluding tert-OH is 1. The van der Waals surface area contributed by atoms with Crippen LogP contribution in [-0.4, -0.2) is 58.7 Å². The van der Waals surface area contributed by atoms with Gasteiger partial charge in [-0.1, -0.05) is 24.6 Å². The van der Waals surface area contributed by atoms with Crippen molar-refractivity contribution in [2.24, 2.45) is 0 Å². The van der Waals surface area contributed by atoms with E-state index in [9.17, 15) is 5.11 Å². The number of benzene rings is 1. The fourth-order valence-electron chi connectivity index (χ4n) is 3.15. The van der Waals surface area contributed by atoms with E-state index in [0.717, 1.165) is 50.4 Å². The zero-order chi connectivity index (χ0) is 16.9. The molecule has 1 saturated heterocycles. The lowest BCUT2D eigenvalue weighted by Crippen LogP contribution is -2.50. The largest absolute Gasteiger partial charge is 0.444 e. The molecule has 3 rings (SSSR count). The number of aliphatic hydroxyl groups is 1. The normalized spacial score (nSPS) is 18.0. The summed E-state index contributed by atoms with van der Waals surface area (Å²) in [5, 5.41) is 10.1. The van der Waals surface area contributed by atoms with Crippen LogP contribution in [0.3, 0.4) is 0 Å². The number of nitrogens with zero attached hydrogens (tertiary/aromatic N) is 3. The minimum absolute atomic E-state index is 0.239. The molecule has 24 heavy (non-hydrogen) atoms. The van der Waals surface area contributed by atoms with Gasteiger partial charge in [0.25, 0.3) is 0 Å². The third kappa shape index (κ3) is 4.16. The first-order chi connectivity index (χ1) is 11.7. The van der Waals surface area contributed by atoms with Gasteiger partial charge in [-0.2, -0.15) is 0 Å². The highest BCUT2D eigenvalue weighted by Crippen LogP contribution is 2.22. The first-order valence-corrected chi connectivity index (χ1v) is 8.85. The van der Waals surface area contributed by atoms with E-state index in [2.05, 4.69) is 21.7 Å². The third-order valence-electron chi connectivity index (χ3n) is 4.61. The van der Waals surface area contributed by atoms with Crippen molar-refractivity contribution in [1.29, 1.82) is 0 Å². The highest BCUT2D eigenvalue weighted by molar-refractivity contribution is 6.30. The Balaban J connectivity index is 1.56. The molecule has 0 bridgehead atoms. The Labute approximate surface area is 147 Å². The van der Waals surface area contributed by atoms with E-state index in [0.29, 0.717) is 10.9 Å². The molecule has 0 aliphatic carbocycles. The van der Waals surface area contributed by atoms with E-state index >= 15 is 0 Å². The molecule has 2 aromatic rings. The summed E-state index contributed by atoms with van der Waals surface area (Å²) in [6.45, 7) is 7.08. The molecule has 2 heterocycles. The number of rotatable bonds is 6. The molecule has 6 heteroatoms. The second-order valence-electron chi connectivity index (χ2n) is 6.21. The van der Waals surface area contributed by atoms with Crippen molar-refractivity contribution in [2.75, 3.05) is 32.8 Å². The number of hydrogen-bond acceptors (Lipinski definition) is 5. The fraction of sp³-hybridized carbons (Fsp3) is 0.500. The predicted octanol–water partition coefficient (Wildman–Crippen LogP) is 2.88. The van der Waals surface area contributed by atoms with E-state index < -0.39 is 0 Å². The molecule has 0 radical (unpaired) electrons. The Morgan fingerprint density at radius 3 is 2.75 bits per heavy atom. The van der Waals surface area contributed by atoms with Crippen molar-refractivity contribution >= 4 is 11.6 Å². The average molecular weight is 350 g/mol. The highest BCUT2D eigenvalue weighted by Gasteiger charge is 2.22. The minimum Gasteiger partial charge on any atom is -0.444 e. The van der Waals surface area contributed by atoms with Crippen molar-refractivity contribution in [2.45, 2.75) is 25.9 Å². The molecule has 1 N–H and O–H groups in total. The lowest BCUT2D eigenvalue weighted by atomic mass is 10.1. The summed E-state index contributed by atoms with van der Waals surface area (Å²) in [6.07, 6.45) is 2.72. The summed E-state index contributed by atoms with van der Waals surface area (Å²) in [5.41, 5.74) is 1.83. The number of aromatic nitrogens is 1. The van der Waals surface area contributed by atoms with Crippen molar-refractivity contribution in [3.05, 3.63) is 41.2 Å². The molecule has 1 aliphatic heterocycles. The number of halogens is 1. The standard InChI is InChI=1S/C18H24ClN3O2/c1-2-17(12-23)22-8-6-21(7-9-22)11-16-13-24-18(20-16)14-4-3-5-15(19)10-14/h3-5,10,13,17,23H,2,6-9,11-12H2,1H3. The molecule has 1 aromatic heterocycles. The van der Waals surface area contributed by atoms with E-state index in [-0.39, 0.29) is 12.6 Å². The summed E-state index contributed by atoms with van der Waals surface area (Å²) in [5.74, 6) is 0.609. The van der Waals surface area contributed by atoms with Crippen LogP contribution in [0.4, 0.5) is 0 Å². The van der Waals surface area contributed by atoms with E-state index in [1.165, 1.54) is 0 Å². The number of piperazine rings is 1. The molecule has 0 amide bonds. The van der Waals surface area contributed by atoms with Crippen LogP contribution < -0.4 is 0 Å². The van der Waals surface area contributed by atoms with Crippen LogP contribution in [0, 0.1) is 0 Å². The van der Waals surface area contributed by atoms with Gasteiger partial charge in [-0.05, 0) is 24.6 Å². The second kappa shape index (κ2) is 8.12. The van der Waals surface area contributed by atoms with Crippen molar-refractivity contribution < 1.29 is 9.52 Å². The monoisotopic (exact) mass is 349 g/mol. The molecule has 1 unspecified atom stereocenters. The van der Waals surface area contributed by atoms with Crippen LogP contribution in [0.5, 0.6) is 0 Å². The van der Waals surface area contributed by atoms with Crippen molar-refractivity contribution in [1.82, 2.24) is 14.8 Å². The molecular formula is C18H24ClN3O2. The van der Waals surface area contributed by atoms with Gasteiger partial charge in [0.2, 0.25) is 5.89 Å². The van der Waals surface area contributed by atoms with Crippen LogP contribution in [-0.2, 0) is 6.54 Å². The van der Waals surface area contributed by atoms with Gasteiger partial charge < -0.3 is 9.52 Å². The summed E-state index contributed by atoms with van der Waals surface area (Å²) >= 11 is 6.02. The van der Waals surface area contributed by atoms with Gasteiger partial charge in [0.05, 0.1) is 12.3 Å². The molecule has 130 valence electrons. The third-order valence-corrected chi connectivity index (χ3v) is 4.85. The minimum atomic E-state index is 0.239. The zero-order valence-corrected chi connectivity index (χ0v) is 14.7. The molecule has 1 atom stereocenters. The maximum atomic E-state index is 9.42. The van der Waals surface area contributed by atoms with E-state index in [1.54, 1.807) is 6.26 Å². The van der Waals surface area contributed by atoms with Crippen molar-refractivity contribution in [3.8, 4) is 11.5 Å².